The number of hydrogen-bond donors (Lipinski definition) is 1. The van der Waals surface area contributed by atoms with E-state index >= 15 is 0 Å². The van der Waals surface area contributed by atoms with E-state index in [-0.39, 0.29) is 6.04 Å². The average molecular weight is 399 g/mol. The van der Waals surface area contributed by atoms with Crippen LogP contribution in [0.4, 0.5) is 0 Å². The third kappa shape index (κ3) is 3.07. The summed E-state index contributed by atoms with van der Waals surface area (Å²) in [5, 5.41) is 10.0. The van der Waals surface area contributed by atoms with E-state index in [1.807, 2.05) is 12.1 Å². The standard InChI is InChI=1S/C24H26N6/c1-15(29-11-10-20(25)14-29)19-7-9-23-27-28-24(30(23)13-19)21-8-6-17-4-5-18(16-2-3-16)12-22(17)26-21/h4-9,12-13,15-16,20H,2-3,10-11,14,25H2,1H3/t15?,20-/m0/s1. The molecular weight excluding hydrogens is 372 g/mol. The second-order valence-electron chi connectivity index (χ2n) is 8.86. The molecule has 1 saturated heterocycles. The highest BCUT2D eigenvalue weighted by molar-refractivity contribution is 5.82. The van der Waals surface area contributed by atoms with E-state index < -0.39 is 0 Å². The van der Waals surface area contributed by atoms with Gasteiger partial charge in [-0.1, -0.05) is 24.3 Å². The SMILES string of the molecule is CC(c1ccc2nnc(-c3ccc4ccc(C5CC5)cc4n3)n2c1)N1CC[C@H](N)C1. The van der Waals surface area contributed by atoms with Gasteiger partial charge in [0.1, 0.15) is 5.69 Å². The molecule has 1 unspecified atom stereocenters. The van der Waals surface area contributed by atoms with Crippen LogP contribution in [0.25, 0.3) is 28.1 Å². The van der Waals surface area contributed by atoms with Crippen LogP contribution in [0.5, 0.6) is 0 Å². The van der Waals surface area contributed by atoms with Crippen molar-refractivity contribution in [1.29, 1.82) is 0 Å². The topological polar surface area (TPSA) is 72.3 Å². The lowest BCUT2D eigenvalue weighted by Gasteiger charge is -2.24. The second kappa shape index (κ2) is 6.86. The Kier molecular flexibility index (Phi) is 4.11. The van der Waals surface area contributed by atoms with Crippen molar-refractivity contribution in [3.8, 4) is 11.5 Å². The van der Waals surface area contributed by atoms with Gasteiger partial charge in [0.25, 0.3) is 0 Å². The van der Waals surface area contributed by atoms with E-state index in [0.717, 1.165) is 53.5 Å². The highest BCUT2D eigenvalue weighted by atomic mass is 15.3. The van der Waals surface area contributed by atoms with Crippen molar-refractivity contribution in [2.45, 2.75) is 44.2 Å². The molecule has 6 nitrogen and oxygen atoms in total. The van der Waals surface area contributed by atoms with Crippen LogP contribution >= 0.6 is 0 Å². The summed E-state index contributed by atoms with van der Waals surface area (Å²) in [6, 6.07) is 15.6. The first-order valence-electron chi connectivity index (χ1n) is 10.9. The molecule has 6 heteroatoms. The van der Waals surface area contributed by atoms with Crippen molar-refractivity contribution in [2.75, 3.05) is 13.1 Å². The quantitative estimate of drug-likeness (QED) is 0.564. The Morgan fingerprint density at radius 2 is 1.90 bits per heavy atom. The maximum atomic E-state index is 6.12. The van der Waals surface area contributed by atoms with Gasteiger partial charge in [0.15, 0.2) is 11.5 Å². The molecule has 0 radical (unpaired) electrons. The number of pyridine rings is 2. The van der Waals surface area contributed by atoms with E-state index in [4.69, 9.17) is 10.7 Å². The molecule has 1 aliphatic carbocycles. The van der Waals surface area contributed by atoms with Gasteiger partial charge in [0.05, 0.1) is 5.52 Å². The fraction of sp³-hybridized carbons (Fsp3) is 0.375. The molecule has 6 rings (SSSR count). The van der Waals surface area contributed by atoms with Crippen LogP contribution in [0, 0.1) is 0 Å². The lowest BCUT2D eigenvalue weighted by Crippen LogP contribution is -2.28. The molecule has 2 fully saturated rings. The molecule has 1 aromatic carbocycles. The Morgan fingerprint density at radius 3 is 2.70 bits per heavy atom. The molecule has 2 N–H and O–H groups in total. The summed E-state index contributed by atoms with van der Waals surface area (Å²) < 4.78 is 2.07. The summed E-state index contributed by atoms with van der Waals surface area (Å²) >= 11 is 0. The fourth-order valence-electron chi connectivity index (χ4n) is 4.64. The van der Waals surface area contributed by atoms with Gasteiger partial charge in [-0.15, -0.1) is 10.2 Å². The average Bonchev–Trinajstić information content (AvgIpc) is 3.40. The van der Waals surface area contributed by atoms with Gasteiger partial charge in [-0.05, 0) is 61.4 Å². The zero-order valence-electron chi connectivity index (χ0n) is 17.2. The van der Waals surface area contributed by atoms with Gasteiger partial charge in [-0.3, -0.25) is 9.30 Å². The third-order valence-corrected chi connectivity index (χ3v) is 6.71. The van der Waals surface area contributed by atoms with Crippen LogP contribution < -0.4 is 5.73 Å². The summed E-state index contributed by atoms with van der Waals surface area (Å²) in [6.45, 7) is 4.24. The summed E-state index contributed by atoms with van der Waals surface area (Å²) in [5.74, 6) is 1.51. The molecular formula is C24H26N6. The molecule has 0 spiro atoms. The van der Waals surface area contributed by atoms with Crippen LogP contribution in [-0.4, -0.2) is 43.6 Å². The molecule has 0 amide bonds. The minimum absolute atomic E-state index is 0.281. The van der Waals surface area contributed by atoms with Crippen LogP contribution in [0.15, 0.2) is 48.7 Å². The molecule has 4 aromatic rings. The largest absolute Gasteiger partial charge is 0.326 e. The molecule has 1 aliphatic heterocycles. The Balaban J connectivity index is 1.40. The highest BCUT2D eigenvalue weighted by Crippen LogP contribution is 2.40. The van der Waals surface area contributed by atoms with Gasteiger partial charge in [-0.2, -0.15) is 0 Å². The van der Waals surface area contributed by atoms with Crippen LogP contribution in [-0.2, 0) is 0 Å². The molecule has 2 aliphatic rings. The van der Waals surface area contributed by atoms with E-state index in [1.165, 1.54) is 24.0 Å². The predicted octanol–water partition coefficient (Wildman–Crippen LogP) is 3.92. The van der Waals surface area contributed by atoms with Crippen molar-refractivity contribution in [3.63, 3.8) is 0 Å². The zero-order valence-corrected chi connectivity index (χ0v) is 17.2. The van der Waals surface area contributed by atoms with Crippen molar-refractivity contribution in [3.05, 3.63) is 59.8 Å². The Morgan fingerprint density at radius 1 is 1.03 bits per heavy atom. The maximum absolute atomic E-state index is 6.12. The zero-order chi connectivity index (χ0) is 20.2. The maximum Gasteiger partial charge on any atom is 0.187 e. The van der Waals surface area contributed by atoms with E-state index in [9.17, 15) is 0 Å². The number of aromatic nitrogens is 4. The molecule has 3 aromatic heterocycles. The molecule has 152 valence electrons. The Bertz CT molecular complexity index is 1240. The Labute approximate surface area is 175 Å². The van der Waals surface area contributed by atoms with Crippen molar-refractivity contribution >= 4 is 16.6 Å². The smallest absolute Gasteiger partial charge is 0.187 e. The lowest BCUT2D eigenvalue weighted by atomic mass is 10.1. The fourth-order valence-corrected chi connectivity index (χ4v) is 4.64. The van der Waals surface area contributed by atoms with Gasteiger partial charge in [0, 0.05) is 36.8 Å². The summed E-state index contributed by atoms with van der Waals surface area (Å²) in [7, 11) is 0. The number of rotatable bonds is 4. The molecule has 1 saturated carbocycles. The van der Waals surface area contributed by atoms with Gasteiger partial charge >= 0.3 is 0 Å². The number of nitrogens with zero attached hydrogens (tertiary/aromatic N) is 5. The van der Waals surface area contributed by atoms with Gasteiger partial charge in [-0.25, -0.2) is 4.98 Å². The second-order valence-corrected chi connectivity index (χ2v) is 8.86. The number of nitrogens with two attached hydrogens (primary N) is 1. The number of likely N-dealkylation sites (tertiary alicyclic amines) is 1. The van der Waals surface area contributed by atoms with Crippen molar-refractivity contribution in [1.82, 2.24) is 24.5 Å². The number of benzene rings is 1. The van der Waals surface area contributed by atoms with Crippen LogP contribution in [0.2, 0.25) is 0 Å². The van der Waals surface area contributed by atoms with Crippen LogP contribution in [0.1, 0.15) is 49.3 Å². The summed E-state index contributed by atoms with van der Waals surface area (Å²) in [6.07, 6.45) is 5.81. The predicted molar refractivity (Wildman–Crippen MR) is 118 cm³/mol. The van der Waals surface area contributed by atoms with E-state index in [1.54, 1.807) is 0 Å². The molecule has 30 heavy (non-hydrogen) atoms. The molecule has 0 bridgehead atoms. The normalized spacial score (nSPS) is 20.9. The molecule has 2 atom stereocenters. The van der Waals surface area contributed by atoms with E-state index in [0.29, 0.717) is 6.04 Å². The monoisotopic (exact) mass is 398 g/mol. The summed E-state index contributed by atoms with van der Waals surface area (Å²) in [5.41, 5.74) is 11.5. The molecule has 4 heterocycles. The minimum atomic E-state index is 0.281. The van der Waals surface area contributed by atoms with Crippen molar-refractivity contribution in [2.24, 2.45) is 5.73 Å². The van der Waals surface area contributed by atoms with E-state index in [2.05, 4.69) is 63.0 Å². The van der Waals surface area contributed by atoms with Crippen LogP contribution in [0.3, 0.4) is 0 Å². The Hall–Kier alpha value is -2.83. The third-order valence-electron chi connectivity index (χ3n) is 6.71. The first-order chi connectivity index (χ1) is 14.7. The summed E-state index contributed by atoms with van der Waals surface area (Å²) in [4.78, 5) is 7.40. The van der Waals surface area contributed by atoms with Crippen molar-refractivity contribution < 1.29 is 0 Å². The first-order valence-corrected chi connectivity index (χ1v) is 10.9. The number of fused-ring (bicyclic) bond motifs is 2. The van der Waals surface area contributed by atoms with Gasteiger partial charge < -0.3 is 5.73 Å². The highest BCUT2D eigenvalue weighted by Gasteiger charge is 2.25. The minimum Gasteiger partial charge on any atom is -0.326 e. The number of hydrogen-bond acceptors (Lipinski definition) is 5. The van der Waals surface area contributed by atoms with Gasteiger partial charge in [0.2, 0.25) is 0 Å². The lowest BCUT2D eigenvalue weighted by molar-refractivity contribution is 0.259. The first kappa shape index (κ1) is 18.0.